The number of nitrogens with zero attached hydrogens (tertiary/aromatic N) is 3. The molecule has 0 aliphatic heterocycles. The first-order valence-electron chi connectivity index (χ1n) is 7.93. The summed E-state index contributed by atoms with van der Waals surface area (Å²) in [7, 11) is -3.02. The van der Waals surface area contributed by atoms with Crippen molar-refractivity contribution in [2.75, 3.05) is 17.8 Å². The molecule has 8 heteroatoms. The largest absolute Gasteiger partial charge is 0.270 e. The summed E-state index contributed by atoms with van der Waals surface area (Å²) in [6, 6.07) is 15.4. The van der Waals surface area contributed by atoms with Crippen LogP contribution in [0, 0.1) is 6.92 Å². The Morgan fingerprint density at radius 1 is 1.08 bits per heavy atom. The molecule has 0 amide bonds. The summed E-state index contributed by atoms with van der Waals surface area (Å²) in [6.45, 7) is 2.02. The van der Waals surface area contributed by atoms with Crippen LogP contribution in [0.25, 0.3) is 17.1 Å². The first-order chi connectivity index (χ1) is 12.3. The Kier molecular flexibility index (Phi) is 5.70. The minimum absolute atomic E-state index is 0.0918. The fourth-order valence-electron chi connectivity index (χ4n) is 2.47. The van der Waals surface area contributed by atoms with Crippen LogP contribution in [0.1, 0.15) is 5.56 Å². The van der Waals surface area contributed by atoms with Gasteiger partial charge >= 0.3 is 0 Å². The quantitative estimate of drug-likeness (QED) is 0.577. The fourth-order valence-corrected chi connectivity index (χ4v) is 4.73. The van der Waals surface area contributed by atoms with E-state index < -0.39 is 9.84 Å². The molecule has 0 bridgehead atoms. The number of rotatable bonds is 6. The highest BCUT2D eigenvalue weighted by Gasteiger charge is 2.18. The zero-order valence-electron chi connectivity index (χ0n) is 14.4. The van der Waals surface area contributed by atoms with E-state index in [1.165, 1.54) is 18.0 Å². The predicted octanol–water partition coefficient (Wildman–Crippen LogP) is 4.03. The highest BCUT2D eigenvalue weighted by Crippen LogP contribution is 2.30. The number of aryl methyl sites for hydroxylation is 1. The highest BCUT2D eigenvalue weighted by molar-refractivity contribution is 8.00. The number of hydrogen-bond donors (Lipinski definition) is 0. The molecule has 0 saturated carbocycles. The number of benzene rings is 2. The summed E-state index contributed by atoms with van der Waals surface area (Å²) in [5, 5.41) is 9.96. The lowest BCUT2D eigenvalue weighted by atomic mass is 10.1. The van der Waals surface area contributed by atoms with Crippen LogP contribution in [0.4, 0.5) is 0 Å². The van der Waals surface area contributed by atoms with Crippen molar-refractivity contribution in [3.63, 3.8) is 0 Å². The molecule has 0 saturated heterocycles. The number of aromatic nitrogens is 3. The van der Waals surface area contributed by atoms with Gasteiger partial charge in [0.25, 0.3) is 0 Å². The summed E-state index contributed by atoms with van der Waals surface area (Å²) < 4.78 is 24.8. The van der Waals surface area contributed by atoms with Gasteiger partial charge < -0.3 is 0 Å². The van der Waals surface area contributed by atoms with Crippen LogP contribution >= 0.6 is 23.4 Å². The molecule has 0 radical (unpaired) electrons. The first-order valence-corrected chi connectivity index (χ1v) is 11.4. The van der Waals surface area contributed by atoms with Crippen LogP contribution in [0.15, 0.2) is 53.7 Å². The molecule has 0 N–H and O–H groups in total. The fraction of sp³-hybridized carbons (Fsp3) is 0.222. The van der Waals surface area contributed by atoms with Crippen molar-refractivity contribution in [2.45, 2.75) is 12.1 Å². The van der Waals surface area contributed by atoms with Gasteiger partial charge in [-0.1, -0.05) is 41.6 Å². The average molecular weight is 408 g/mol. The van der Waals surface area contributed by atoms with Crippen molar-refractivity contribution >= 4 is 33.2 Å². The maximum absolute atomic E-state index is 11.4. The second-order valence-electron chi connectivity index (χ2n) is 5.91. The van der Waals surface area contributed by atoms with Gasteiger partial charge in [0.15, 0.2) is 11.0 Å². The normalized spacial score (nSPS) is 11.7. The van der Waals surface area contributed by atoms with Crippen molar-refractivity contribution < 1.29 is 8.42 Å². The van der Waals surface area contributed by atoms with E-state index in [1.54, 1.807) is 0 Å². The lowest BCUT2D eigenvalue weighted by Crippen LogP contribution is -2.07. The van der Waals surface area contributed by atoms with E-state index in [1.807, 2.05) is 60.0 Å². The van der Waals surface area contributed by atoms with Gasteiger partial charge in [0.05, 0.1) is 11.4 Å². The third-order valence-electron chi connectivity index (χ3n) is 3.78. The number of para-hydroxylation sites is 1. The molecule has 0 aliphatic rings. The molecular weight excluding hydrogens is 390 g/mol. The number of thioether (sulfide) groups is 1. The van der Waals surface area contributed by atoms with Gasteiger partial charge in [-0.05, 0) is 42.8 Å². The standard InChI is InChI=1S/C18H18ClN3O2S2/c1-13-5-3-4-6-16(13)22-17(14-7-9-15(19)10-8-14)20-21-18(22)25-11-12-26(2,23)24/h3-10H,11-12H2,1-2H3. The summed E-state index contributed by atoms with van der Waals surface area (Å²) in [4.78, 5) is 0. The summed E-state index contributed by atoms with van der Waals surface area (Å²) in [5.74, 6) is 1.20. The van der Waals surface area contributed by atoms with Crippen molar-refractivity contribution in [1.82, 2.24) is 14.8 Å². The zero-order chi connectivity index (χ0) is 18.7. The SMILES string of the molecule is Cc1ccccc1-n1c(SCCS(C)(=O)=O)nnc1-c1ccc(Cl)cc1. The highest BCUT2D eigenvalue weighted by atomic mass is 35.5. The Morgan fingerprint density at radius 2 is 1.77 bits per heavy atom. The summed E-state index contributed by atoms with van der Waals surface area (Å²) in [5.41, 5.74) is 2.93. The minimum atomic E-state index is -3.02. The molecule has 0 unspecified atom stereocenters. The smallest absolute Gasteiger partial charge is 0.196 e. The average Bonchev–Trinajstić information content (AvgIpc) is 2.98. The van der Waals surface area contributed by atoms with E-state index in [2.05, 4.69) is 10.2 Å². The predicted molar refractivity (Wildman–Crippen MR) is 107 cm³/mol. The van der Waals surface area contributed by atoms with E-state index in [9.17, 15) is 8.42 Å². The second-order valence-corrected chi connectivity index (χ2v) is 9.67. The lowest BCUT2D eigenvalue weighted by Gasteiger charge is -2.12. The van der Waals surface area contributed by atoms with Crippen LogP contribution in [0.5, 0.6) is 0 Å². The topological polar surface area (TPSA) is 64.8 Å². The van der Waals surface area contributed by atoms with Gasteiger partial charge in [-0.15, -0.1) is 10.2 Å². The molecule has 1 aromatic heterocycles. The molecule has 5 nitrogen and oxygen atoms in total. The maximum Gasteiger partial charge on any atom is 0.196 e. The van der Waals surface area contributed by atoms with Gasteiger partial charge in [-0.2, -0.15) is 0 Å². The van der Waals surface area contributed by atoms with Crippen molar-refractivity contribution in [3.05, 3.63) is 59.1 Å². The van der Waals surface area contributed by atoms with E-state index in [-0.39, 0.29) is 5.75 Å². The van der Waals surface area contributed by atoms with Gasteiger partial charge in [0.2, 0.25) is 0 Å². The van der Waals surface area contributed by atoms with Gasteiger partial charge in [0.1, 0.15) is 9.84 Å². The van der Waals surface area contributed by atoms with Crippen LogP contribution < -0.4 is 0 Å². The Balaban J connectivity index is 2.05. The Morgan fingerprint density at radius 3 is 2.42 bits per heavy atom. The van der Waals surface area contributed by atoms with Crippen molar-refractivity contribution in [2.24, 2.45) is 0 Å². The Hall–Kier alpha value is -1.83. The van der Waals surface area contributed by atoms with E-state index in [0.717, 1.165) is 16.8 Å². The molecule has 3 rings (SSSR count). The Bertz CT molecular complexity index is 1020. The Labute approximate surface area is 162 Å². The molecular formula is C18H18ClN3O2S2. The molecule has 0 atom stereocenters. The van der Waals surface area contributed by atoms with Crippen molar-refractivity contribution in [3.8, 4) is 17.1 Å². The molecule has 136 valence electrons. The third-order valence-corrected chi connectivity index (χ3v) is 6.16. The summed E-state index contributed by atoms with van der Waals surface area (Å²) >= 11 is 7.37. The number of halogens is 1. The van der Waals surface area contributed by atoms with E-state index >= 15 is 0 Å². The molecule has 0 aliphatic carbocycles. The maximum atomic E-state index is 11.4. The zero-order valence-corrected chi connectivity index (χ0v) is 16.8. The number of hydrogen-bond acceptors (Lipinski definition) is 5. The first kappa shape index (κ1) is 18.9. The van der Waals surface area contributed by atoms with Crippen LogP contribution in [-0.2, 0) is 9.84 Å². The van der Waals surface area contributed by atoms with Crippen LogP contribution in [-0.4, -0.2) is 40.9 Å². The molecule has 2 aromatic carbocycles. The molecule has 0 spiro atoms. The van der Waals surface area contributed by atoms with Gasteiger partial charge in [0, 0.05) is 22.6 Å². The van der Waals surface area contributed by atoms with Crippen LogP contribution in [0.3, 0.4) is 0 Å². The summed E-state index contributed by atoms with van der Waals surface area (Å²) in [6.07, 6.45) is 1.23. The monoisotopic (exact) mass is 407 g/mol. The number of sulfone groups is 1. The molecule has 26 heavy (non-hydrogen) atoms. The van der Waals surface area contributed by atoms with Crippen LogP contribution in [0.2, 0.25) is 5.02 Å². The minimum Gasteiger partial charge on any atom is -0.270 e. The third kappa shape index (κ3) is 4.47. The van der Waals surface area contributed by atoms with Gasteiger partial charge in [-0.3, -0.25) is 4.57 Å². The van der Waals surface area contributed by atoms with E-state index in [4.69, 9.17) is 11.6 Å². The molecule has 3 aromatic rings. The lowest BCUT2D eigenvalue weighted by molar-refractivity contribution is 0.603. The van der Waals surface area contributed by atoms with Crippen molar-refractivity contribution in [1.29, 1.82) is 0 Å². The molecule has 1 heterocycles. The second kappa shape index (κ2) is 7.82. The van der Waals surface area contributed by atoms with Gasteiger partial charge in [-0.25, -0.2) is 8.42 Å². The van der Waals surface area contributed by atoms with E-state index in [0.29, 0.717) is 21.8 Å². The molecule has 0 fully saturated rings.